The van der Waals surface area contributed by atoms with Gasteiger partial charge >= 0.3 is 0 Å². The van der Waals surface area contributed by atoms with Gasteiger partial charge in [0.1, 0.15) is 11.6 Å². The molecule has 6 heteroatoms. The van der Waals surface area contributed by atoms with E-state index < -0.39 is 0 Å². The van der Waals surface area contributed by atoms with Crippen LogP contribution in [0.2, 0.25) is 5.02 Å². The highest BCUT2D eigenvalue weighted by Gasteiger charge is 2.22. The summed E-state index contributed by atoms with van der Waals surface area (Å²) in [6.45, 7) is 3.62. The molecule has 2 heterocycles. The van der Waals surface area contributed by atoms with Gasteiger partial charge in [0.15, 0.2) is 0 Å². The number of aromatic amines is 1. The topological polar surface area (TPSA) is 49.0 Å². The zero-order valence-corrected chi connectivity index (χ0v) is 15.7. The molecule has 1 aromatic heterocycles. The Bertz CT molecular complexity index is 1050. The molecule has 2 aromatic carbocycles. The molecule has 0 unspecified atom stereocenters. The highest BCUT2D eigenvalue weighted by atomic mass is 35.5. The van der Waals surface area contributed by atoms with Crippen molar-refractivity contribution in [3.8, 4) is 11.4 Å². The fraction of sp³-hybridized carbons (Fsp3) is 0.238. The molecule has 27 heavy (non-hydrogen) atoms. The van der Waals surface area contributed by atoms with Gasteiger partial charge in [-0.25, -0.2) is 9.37 Å². The van der Waals surface area contributed by atoms with Gasteiger partial charge in [0.25, 0.3) is 5.56 Å². The summed E-state index contributed by atoms with van der Waals surface area (Å²) in [6, 6.07) is 12.9. The number of H-pyrrole nitrogens is 1. The molecular weight excluding hydrogens is 365 g/mol. The largest absolute Gasteiger partial charge is 0.306 e. The zero-order valence-electron chi connectivity index (χ0n) is 14.9. The summed E-state index contributed by atoms with van der Waals surface area (Å²) in [5.74, 6) is 0.179. The molecule has 1 N–H and O–H groups in total. The minimum Gasteiger partial charge on any atom is -0.306 e. The molecule has 0 aliphatic carbocycles. The van der Waals surface area contributed by atoms with Gasteiger partial charge in [-0.15, -0.1) is 0 Å². The van der Waals surface area contributed by atoms with Crippen LogP contribution in [-0.4, -0.2) is 21.4 Å². The maximum absolute atomic E-state index is 14.2. The molecule has 4 rings (SSSR count). The maximum Gasteiger partial charge on any atom is 0.254 e. The van der Waals surface area contributed by atoms with E-state index in [0.29, 0.717) is 43.0 Å². The monoisotopic (exact) mass is 383 g/mol. The van der Waals surface area contributed by atoms with Crippen LogP contribution in [0.15, 0.2) is 47.3 Å². The van der Waals surface area contributed by atoms with Crippen LogP contribution >= 0.6 is 11.6 Å². The molecule has 3 aromatic rings. The fourth-order valence-corrected chi connectivity index (χ4v) is 3.58. The normalized spacial score (nSPS) is 14.2. The van der Waals surface area contributed by atoms with E-state index in [1.54, 1.807) is 18.2 Å². The van der Waals surface area contributed by atoms with E-state index in [2.05, 4.69) is 14.9 Å². The van der Waals surface area contributed by atoms with Crippen molar-refractivity contribution in [2.45, 2.75) is 26.4 Å². The molecule has 0 radical (unpaired) electrons. The Balaban J connectivity index is 1.62. The Morgan fingerprint density at radius 3 is 2.78 bits per heavy atom. The lowest BCUT2D eigenvalue weighted by molar-refractivity contribution is 0.237. The lowest BCUT2D eigenvalue weighted by Crippen LogP contribution is -2.35. The van der Waals surface area contributed by atoms with Gasteiger partial charge in [-0.2, -0.15) is 0 Å². The first-order chi connectivity index (χ1) is 13.0. The Morgan fingerprint density at radius 2 is 2.00 bits per heavy atom. The van der Waals surface area contributed by atoms with E-state index in [-0.39, 0.29) is 16.4 Å². The average molecular weight is 384 g/mol. The molecule has 0 spiro atoms. The van der Waals surface area contributed by atoms with Gasteiger partial charge in [0, 0.05) is 36.3 Å². The van der Waals surface area contributed by atoms with Crippen molar-refractivity contribution in [3.63, 3.8) is 0 Å². The molecule has 0 amide bonds. The van der Waals surface area contributed by atoms with Crippen molar-refractivity contribution in [2.24, 2.45) is 0 Å². The molecule has 4 nitrogen and oxygen atoms in total. The summed E-state index contributed by atoms with van der Waals surface area (Å²) >= 11 is 5.88. The lowest BCUT2D eigenvalue weighted by atomic mass is 10.0. The predicted molar refractivity (Wildman–Crippen MR) is 104 cm³/mol. The van der Waals surface area contributed by atoms with Crippen LogP contribution in [0.4, 0.5) is 4.39 Å². The van der Waals surface area contributed by atoms with E-state index in [0.717, 1.165) is 16.8 Å². The number of benzene rings is 2. The number of nitrogens with zero attached hydrogens (tertiary/aromatic N) is 2. The number of rotatable bonds is 3. The molecule has 0 fully saturated rings. The van der Waals surface area contributed by atoms with Gasteiger partial charge < -0.3 is 4.98 Å². The van der Waals surface area contributed by atoms with Crippen LogP contribution in [0.25, 0.3) is 11.4 Å². The maximum atomic E-state index is 14.2. The second-order valence-corrected chi connectivity index (χ2v) is 7.29. The molecule has 138 valence electrons. The Hall–Kier alpha value is -2.50. The average Bonchev–Trinajstić information content (AvgIpc) is 2.66. The first-order valence-corrected chi connectivity index (χ1v) is 9.23. The van der Waals surface area contributed by atoms with Crippen molar-refractivity contribution in [1.29, 1.82) is 0 Å². The van der Waals surface area contributed by atoms with Crippen molar-refractivity contribution in [1.82, 2.24) is 14.9 Å². The van der Waals surface area contributed by atoms with Gasteiger partial charge in [0.2, 0.25) is 0 Å². The Kier molecular flexibility index (Phi) is 4.81. The smallest absolute Gasteiger partial charge is 0.254 e. The van der Waals surface area contributed by atoms with Gasteiger partial charge in [-0.3, -0.25) is 9.69 Å². The summed E-state index contributed by atoms with van der Waals surface area (Å²) in [5, 5.41) is 0.126. The number of nitrogens with one attached hydrogen (secondary N) is 1. The third kappa shape index (κ3) is 3.66. The van der Waals surface area contributed by atoms with Crippen LogP contribution in [0.3, 0.4) is 0 Å². The molecule has 0 atom stereocenters. The van der Waals surface area contributed by atoms with Crippen LogP contribution in [0.5, 0.6) is 0 Å². The van der Waals surface area contributed by atoms with Gasteiger partial charge in [-0.1, -0.05) is 53.6 Å². The minimum atomic E-state index is -0.385. The summed E-state index contributed by atoms with van der Waals surface area (Å²) in [6.07, 6.45) is 0.591. The molecular formula is C21H19ClFN3O. The standard InChI is InChI=1S/C21H19ClFN3O/c1-13-5-7-14(8-6-13)20-24-18-12-26(10-9-16(18)21(27)25-20)11-15-3-2-4-17(22)19(15)23/h2-8H,9-12H2,1H3,(H,24,25,27). The fourth-order valence-electron chi connectivity index (χ4n) is 3.39. The number of hydrogen-bond acceptors (Lipinski definition) is 3. The highest BCUT2D eigenvalue weighted by Crippen LogP contribution is 2.23. The van der Waals surface area contributed by atoms with E-state index >= 15 is 0 Å². The second kappa shape index (κ2) is 7.25. The lowest BCUT2D eigenvalue weighted by Gasteiger charge is -2.28. The predicted octanol–water partition coefficient (Wildman–Crippen LogP) is 4.10. The van der Waals surface area contributed by atoms with Crippen molar-refractivity contribution >= 4 is 11.6 Å². The highest BCUT2D eigenvalue weighted by molar-refractivity contribution is 6.30. The number of aromatic nitrogens is 2. The summed E-state index contributed by atoms with van der Waals surface area (Å²) < 4.78 is 14.2. The quantitative estimate of drug-likeness (QED) is 0.740. The van der Waals surface area contributed by atoms with E-state index in [9.17, 15) is 9.18 Å². The number of fused-ring (bicyclic) bond motifs is 1. The molecule has 0 saturated heterocycles. The molecule has 1 aliphatic heterocycles. The van der Waals surface area contributed by atoms with Crippen molar-refractivity contribution in [2.75, 3.05) is 6.54 Å². The Labute approximate surface area is 161 Å². The third-order valence-electron chi connectivity index (χ3n) is 4.90. The second-order valence-electron chi connectivity index (χ2n) is 6.88. The first kappa shape index (κ1) is 17.9. The first-order valence-electron chi connectivity index (χ1n) is 8.85. The SMILES string of the molecule is Cc1ccc(-c2nc3c(c(=O)[nH]2)CCN(Cc2cccc(Cl)c2F)C3)cc1. The van der Waals surface area contributed by atoms with E-state index in [1.165, 1.54) is 0 Å². The number of aryl methyl sites for hydroxylation is 1. The zero-order chi connectivity index (χ0) is 19.0. The van der Waals surface area contributed by atoms with Crippen LogP contribution in [0.1, 0.15) is 22.4 Å². The Morgan fingerprint density at radius 1 is 1.22 bits per heavy atom. The van der Waals surface area contributed by atoms with E-state index in [4.69, 9.17) is 11.6 Å². The molecule has 0 saturated carbocycles. The van der Waals surface area contributed by atoms with Gasteiger partial charge in [0.05, 0.1) is 10.7 Å². The van der Waals surface area contributed by atoms with Crippen LogP contribution in [0, 0.1) is 12.7 Å². The van der Waals surface area contributed by atoms with Crippen molar-refractivity contribution < 1.29 is 4.39 Å². The summed E-state index contributed by atoms with van der Waals surface area (Å²) in [4.78, 5) is 22.2. The van der Waals surface area contributed by atoms with Gasteiger partial charge in [-0.05, 0) is 19.4 Å². The van der Waals surface area contributed by atoms with Crippen molar-refractivity contribution in [3.05, 3.63) is 86.0 Å². The summed E-state index contributed by atoms with van der Waals surface area (Å²) in [7, 11) is 0. The minimum absolute atomic E-state index is 0.0934. The summed E-state index contributed by atoms with van der Waals surface area (Å²) in [5.41, 5.74) is 3.95. The van der Waals surface area contributed by atoms with Crippen LogP contribution in [-0.2, 0) is 19.5 Å². The number of hydrogen-bond donors (Lipinski definition) is 1. The number of halogens is 2. The van der Waals surface area contributed by atoms with Crippen LogP contribution < -0.4 is 5.56 Å². The third-order valence-corrected chi connectivity index (χ3v) is 5.19. The van der Waals surface area contributed by atoms with E-state index in [1.807, 2.05) is 31.2 Å². The molecule has 0 bridgehead atoms. The molecule has 1 aliphatic rings.